The highest BCUT2D eigenvalue weighted by atomic mass is 16.3. The van der Waals surface area contributed by atoms with Crippen LogP contribution in [0.15, 0.2) is 180 Å². The van der Waals surface area contributed by atoms with Gasteiger partial charge in [-0.3, -0.25) is 0 Å². The summed E-state index contributed by atoms with van der Waals surface area (Å²) in [6.45, 7) is 9.55. The van der Waals surface area contributed by atoms with Gasteiger partial charge in [-0.05, 0) is 91.0 Å². The molecule has 0 saturated carbocycles. The third-order valence-corrected chi connectivity index (χ3v) is 13.4. The fourth-order valence-electron chi connectivity index (χ4n) is 10.7. The van der Waals surface area contributed by atoms with E-state index in [4.69, 9.17) is 4.42 Å². The molecule has 10 aromatic rings. The highest BCUT2D eigenvalue weighted by molar-refractivity contribution is 6.14. The van der Waals surface area contributed by atoms with Crippen LogP contribution < -0.4 is 4.90 Å². The second kappa shape index (κ2) is 11.8. The summed E-state index contributed by atoms with van der Waals surface area (Å²) in [5.41, 5.74) is 17.8. The zero-order valence-corrected chi connectivity index (χ0v) is 33.1. The van der Waals surface area contributed by atoms with Gasteiger partial charge in [0, 0.05) is 43.8 Å². The summed E-state index contributed by atoms with van der Waals surface area (Å²) in [7, 11) is 0. The lowest BCUT2D eigenvalue weighted by molar-refractivity contribution is 0.646. The van der Waals surface area contributed by atoms with Crippen molar-refractivity contribution >= 4 is 60.5 Å². The van der Waals surface area contributed by atoms with E-state index in [0.29, 0.717) is 0 Å². The average molecular weight is 744 g/mol. The van der Waals surface area contributed by atoms with Crippen molar-refractivity contribution in [1.29, 1.82) is 0 Å². The lowest BCUT2D eigenvalue weighted by Crippen LogP contribution is -2.25. The van der Waals surface area contributed by atoms with E-state index >= 15 is 0 Å². The number of benzene rings is 9. The Labute approximate surface area is 338 Å². The van der Waals surface area contributed by atoms with Crippen LogP contribution in [-0.4, -0.2) is 0 Å². The van der Waals surface area contributed by atoms with Gasteiger partial charge in [0.15, 0.2) is 0 Å². The number of anilines is 3. The number of furan rings is 1. The first-order valence-electron chi connectivity index (χ1n) is 20.4. The molecule has 0 amide bonds. The van der Waals surface area contributed by atoms with Gasteiger partial charge in [0.2, 0.25) is 0 Å². The van der Waals surface area contributed by atoms with Crippen molar-refractivity contribution in [3.63, 3.8) is 0 Å². The number of nitrogens with zero attached hydrogens (tertiary/aromatic N) is 1. The fraction of sp³-hybridized carbons (Fsp3) is 0.107. The summed E-state index contributed by atoms with van der Waals surface area (Å²) in [6.07, 6.45) is 0. The Bertz CT molecular complexity index is 3350. The van der Waals surface area contributed by atoms with Gasteiger partial charge >= 0.3 is 0 Å². The SMILES string of the molecule is CC1(C)c2ccccc2-c2ccc(N(c3ccc4cccc5c4c3-c3cccc(-c4cccc6c4oc4ccccc46)c3C5(C)C)c3cccc4ccccc34)cc21. The van der Waals surface area contributed by atoms with Crippen molar-refractivity contribution in [2.45, 2.75) is 38.5 Å². The maximum atomic E-state index is 6.71. The normalized spacial score (nSPS) is 14.5. The van der Waals surface area contributed by atoms with E-state index in [1.807, 2.05) is 0 Å². The Balaban J connectivity index is 1.18. The van der Waals surface area contributed by atoms with Gasteiger partial charge in [0.25, 0.3) is 0 Å². The van der Waals surface area contributed by atoms with Crippen LogP contribution in [0, 0.1) is 0 Å². The maximum Gasteiger partial charge on any atom is 0.143 e. The monoisotopic (exact) mass is 743 g/mol. The summed E-state index contributed by atoms with van der Waals surface area (Å²) in [5, 5.41) is 7.30. The van der Waals surface area contributed by atoms with Crippen molar-refractivity contribution in [2.24, 2.45) is 0 Å². The minimum atomic E-state index is -0.307. The molecule has 0 spiro atoms. The Morgan fingerprint density at radius 3 is 1.97 bits per heavy atom. The molecule has 276 valence electrons. The van der Waals surface area contributed by atoms with E-state index in [1.54, 1.807) is 0 Å². The van der Waals surface area contributed by atoms with Gasteiger partial charge in [0.05, 0.1) is 11.4 Å². The van der Waals surface area contributed by atoms with Crippen LogP contribution in [0.2, 0.25) is 0 Å². The molecule has 2 aliphatic rings. The molecular weight excluding hydrogens is 703 g/mol. The molecular formula is C56H41NO. The Morgan fingerprint density at radius 2 is 1.05 bits per heavy atom. The van der Waals surface area contributed by atoms with Gasteiger partial charge in [-0.15, -0.1) is 0 Å². The number of rotatable bonds is 4. The zero-order chi connectivity index (χ0) is 38.9. The van der Waals surface area contributed by atoms with Gasteiger partial charge < -0.3 is 9.32 Å². The summed E-state index contributed by atoms with van der Waals surface area (Å²) < 4.78 is 6.71. The molecule has 0 aliphatic heterocycles. The van der Waals surface area contributed by atoms with Crippen LogP contribution in [0.25, 0.3) is 76.9 Å². The molecule has 2 heteroatoms. The molecule has 0 bridgehead atoms. The molecule has 0 N–H and O–H groups in total. The smallest absolute Gasteiger partial charge is 0.143 e. The predicted octanol–water partition coefficient (Wildman–Crippen LogP) is 15.6. The minimum Gasteiger partial charge on any atom is -0.455 e. The van der Waals surface area contributed by atoms with E-state index in [1.165, 1.54) is 77.3 Å². The molecule has 12 rings (SSSR count). The second-order valence-corrected chi connectivity index (χ2v) is 17.2. The van der Waals surface area contributed by atoms with Gasteiger partial charge in [-0.1, -0.05) is 173 Å². The van der Waals surface area contributed by atoms with E-state index in [9.17, 15) is 0 Å². The van der Waals surface area contributed by atoms with Crippen LogP contribution in [0.5, 0.6) is 0 Å². The van der Waals surface area contributed by atoms with Crippen LogP contribution in [0.3, 0.4) is 0 Å². The van der Waals surface area contributed by atoms with Crippen molar-refractivity contribution in [3.05, 3.63) is 198 Å². The fourth-order valence-corrected chi connectivity index (χ4v) is 10.7. The van der Waals surface area contributed by atoms with Crippen molar-refractivity contribution in [2.75, 3.05) is 4.90 Å². The largest absolute Gasteiger partial charge is 0.455 e. The number of hydrogen-bond donors (Lipinski definition) is 0. The first-order valence-corrected chi connectivity index (χ1v) is 20.4. The van der Waals surface area contributed by atoms with E-state index < -0.39 is 0 Å². The number of para-hydroxylation sites is 2. The van der Waals surface area contributed by atoms with Gasteiger partial charge in [-0.2, -0.15) is 0 Å². The second-order valence-electron chi connectivity index (χ2n) is 17.2. The third-order valence-electron chi connectivity index (χ3n) is 13.4. The number of fused-ring (bicyclic) bond motifs is 9. The molecule has 58 heavy (non-hydrogen) atoms. The van der Waals surface area contributed by atoms with Crippen molar-refractivity contribution in [1.82, 2.24) is 0 Å². The highest BCUT2D eigenvalue weighted by Gasteiger charge is 2.39. The van der Waals surface area contributed by atoms with Crippen LogP contribution in [0.1, 0.15) is 49.9 Å². The highest BCUT2D eigenvalue weighted by Crippen LogP contribution is 2.58. The van der Waals surface area contributed by atoms with Crippen LogP contribution >= 0.6 is 0 Å². The minimum absolute atomic E-state index is 0.139. The van der Waals surface area contributed by atoms with Gasteiger partial charge in [0.1, 0.15) is 11.2 Å². The standard InChI is InChI=1S/C56H41NO/c1-55(2)45-25-9-7-19-38(45)39-31-30-36(33-47(39)55)57(48-27-12-16-34-15-5-6-18-37(34)48)49-32-29-35-17-11-26-46-51(35)52(49)44-24-13-21-41(53(44)56(46,3)4)43-23-14-22-42-40-20-8-10-28-50(40)58-54(42)43/h5-33H,1-4H3. The topological polar surface area (TPSA) is 16.4 Å². The molecule has 9 aromatic carbocycles. The molecule has 0 fully saturated rings. The third kappa shape index (κ3) is 4.43. The van der Waals surface area contributed by atoms with E-state index in [2.05, 4.69) is 209 Å². The first kappa shape index (κ1) is 33.3. The lowest BCUT2D eigenvalue weighted by Gasteiger charge is -2.39. The van der Waals surface area contributed by atoms with Crippen molar-refractivity contribution in [3.8, 4) is 33.4 Å². The molecule has 1 aromatic heterocycles. The molecule has 1 heterocycles. The molecule has 0 atom stereocenters. The molecule has 2 aliphatic carbocycles. The van der Waals surface area contributed by atoms with E-state index in [-0.39, 0.29) is 10.8 Å². The molecule has 0 saturated heterocycles. The molecule has 0 unspecified atom stereocenters. The quantitative estimate of drug-likeness (QED) is 0.178. The molecule has 0 radical (unpaired) electrons. The summed E-state index contributed by atoms with van der Waals surface area (Å²) in [5.74, 6) is 0. The Hall–Kier alpha value is -6.90. The summed E-state index contributed by atoms with van der Waals surface area (Å²) >= 11 is 0. The molecule has 2 nitrogen and oxygen atoms in total. The maximum absolute atomic E-state index is 6.71. The van der Waals surface area contributed by atoms with Crippen LogP contribution in [0.4, 0.5) is 17.1 Å². The first-order chi connectivity index (χ1) is 28.3. The average Bonchev–Trinajstić information content (AvgIpc) is 3.75. The lowest BCUT2D eigenvalue weighted by atomic mass is 9.66. The summed E-state index contributed by atoms with van der Waals surface area (Å²) in [4.78, 5) is 2.54. The zero-order valence-electron chi connectivity index (χ0n) is 33.1. The van der Waals surface area contributed by atoms with E-state index in [0.717, 1.165) is 38.9 Å². The van der Waals surface area contributed by atoms with Crippen molar-refractivity contribution < 1.29 is 4.42 Å². The van der Waals surface area contributed by atoms with Crippen LogP contribution in [-0.2, 0) is 10.8 Å². The summed E-state index contributed by atoms with van der Waals surface area (Å²) in [6, 6.07) is 65.1. The Morgan fingerprint density at radius 1 is 0.414 bits per heavy atom. The number of hydrogen-bond acceptors (Lipinski definition) is 2. The van der Waals surface area contributed by atoms with Gasteiger partial charge in [-0.25, -0.2) is 0 Å². The Kier molecular flexibility index (Phi) is 6.78. The predicted molar refractivity (Wildman–Crippen MR) is 244 cm³/mol.